The second kappa shape index (κ2) is 5.61. The first-order valence-corrected chi connectivity index (χ1v) is 7.67. The molecule has 0 spiro atoms. The lowest BCUT2D eigenvalue weighted by atomic mass is 9.67. The van der Waals surface area contributed by atoms with E-state index < -0.39 is 0 Å². The fourth-order valence-electron chi connectivity index (χ4n) is 3.86. The first-order valence-electron chi connectivity index (χ1n) is 7.67. The van der Waals surface area contributed by atoms with Crippen molar-refractivity contribution >= 4 is 11.7 Å². The number of rotatable bonds is 3. The van der Waals surface area contributed by atoms with Crippen molar-refractivity contribution in [2.45, 2.75) is 51.0 Å². The number of ketones is 1. The van der Waals surface area contributed by atoms with E-state index in [1.54, 1.807) is 0 Å². The van der Waals surface area contributed by atoms with Gasteiger partial charge in [-0.25, -0.2) is 0 Å². The van der Waals surface area contributed by atoms with Gasteiger partial charge in [0.25, 0.3) is 0 Å². The van der Waals surface area contributed by atoms with Gasteiger partial charge in [-0.15, -0.1) is 0 Å². The molecule has 3 rings (SSSR count). The number of carbonyl (C=O) groups is 2. The van der Waals surface area contributed by atoms with Crippen LogP contribution in [0.25, 0.3) is 0 Å². The summed E-state index contributed by atoms with van der Waals surface area (Å²) in [5.41, 5.74) is 0. The summed E-state index contributed by atoms with van der Waals surface area (Å²) in [6, 6.07) is 0. The minimum absolute atomic E-state index is 0.0504. The van der Waals surface area contributed by atoms with Gasteiger partial charge >= 0.3 is 0 Å². The van der Waals surface area contributed by atoms with Crippen LogP contribution in [0.5, 0.6) is 0 Å². The van der Waals surface area contributed by atoms with Gasteiger partial charge in [0.15, 0.2) is 0 Å². The number of ether oxygens (including phenoxy) is 1. The molecular weight excluding hydrogens is 242 g/mol. The van der Waals surface area contributed by atoms with Crippen molar-refractivity contribution in [2.24, 2.45) is 17.8 Å². The highest BCUT2D eigenvalue weighted by Crippen LogP contribution is 2.40. The summed E-state index contributed by atoms with van der Waals surface area (Å²) in [5.74, 6) is 0.931. The van der Waals surface area contributed by atoms with Gasteiger partial charge in [-0.05, 0) is 38.5 Å². The molecule has 0 radical (unpaired) electrons. The molecule has 1 N–H and O–H groups in total. The third-order valence-electron chi connectivity index (χ3n) is 4.95. The van der Waals surface area contributed by atoms with Crippen molar-refractivity contribution in [2.75, 3.05) is 13.2 Å². The number of fused-ring (bicyclic) bond motifs is 2. The quantitative estimate of drug-likeness (QED) is 0.844. The molecular formula is C15H23NO3. The molecule has 0 aromatic carbocycles. The Morgan fingerprint density at radius 2 is 1.89 bits per heavy atom. The second-order valence-corrected chi connectivity index (χ2v) is 6.28. The first kappa shape index (κ1) is 13.1. The summed E-state index contributed by atoms with van der Waals surface area (Å²) >= 11 is 0. The maximum Gasteiger partial charge on any atom is 0.223 e. The Morgan fingerprint density at radius 3 is 2.53 bits per heavy atom. The van der Waals surface area contributed by atoms with Crippen LogP contribution in [0.2, 0.25) is 0 Å². The lowest BCUT2D eigenvalue weighted by Gasteiger charge is -2.37. The van der Waals surface area contributed by atoms with Crippen LogP contribution in [0, 0.1) is 17.8 Å². The zero-order valence-electron chi connectivity index (χ0n) is 11.4. The largest absolute Gasteiger partial charge is 0.376 e. The van der Waals surface area contributed by atoms with E-state index in [9.17, 15) is 9.59 Å². The van der Waals surface area contributed by atoms with Crippen molar-refractivity contribution in [1.29, 1.82) is 0 Å². The maximum absolute atomic E-state index is 12.2. The first-order chi connectivity index (χ1) is 9.24. The zero-order valence-corrected chi connectivity index (χ0v) is 11.4. The number of amides is 1. The molecule has 1 unspecified atom stereocenters. The minimum atomic E-state index is 0.0504. The van der Waals surface area contributed by atoms with Gasteiger partial charge in [-0.3, -0.25) is 9.59 Å². The van der Waals surface area contributed by atoms with E-state index in [0.29, 0.717) is 12.3 Å². The zero-order chi connectivity index (χ0) is 13.2. The number of Topliss-reactive ketones (excluding diaryl/α,β-unsaturated/α-hetero) is 1. The van der Waals surface area contributed by atoms with Crippen molar-refractivity contribution in [3.05, 3.63) is 0 Å². The predicted molar refractivity (Wildman–Crippen MR) is 70.5 cm³/mol. The van der Waals surface area contributed by atoms with Gasteiger partial charge in [0.2, 0.25) is 5.91 Å². The van der Waals surface area contributed by atoms with Gasteiger partial charge in [-0.1, -0.05) is 6.42 Å². The van der Waals surface area contributed by atoms with Crippen LogP contribution in [0.1, 0.15) is 44.9 Å². The average molecular weight is 265 g/mol. The monoisotopic (exact) mass is 265 g/mol. The van der Waals surface area contributed by atoms with Crippen molar-refractivity contribution < 1.29 is 14.3 Å². The van der Waals surface area contributed by atoms with Crippen LogP contribution in [0.15, 0.2) is 0 Å². The van der Waals surface area contributed by atoms with Crippen LogP contribution in [0.4, 0.5) is 0 Å². The smallest absolute Gasteiger partial charge is 0.223 e. The van der Waals surface area contributed by atoms with E-state index in [2.05, 4.69) is 5.32 Å². The van der Waals surface area contributed by atoms with Crippen LogP contribution < -0.4 is 5.32 Å². The molecule has 2 bridgehead atoms. The fraction of sp³-hybridized carbons (Fsp3) is 0.867. The molecule has 3 fully saturated rings. The van der Waals surface area contributed by atoms with Crippen molar-refractivity contribution in [3.63, 3.8) is 0 Å². The van der Waals surface area contributed by atoms with Gasteiger partial charge in [0.05, 0.1) is 6.10 Å². The lowest BCUT2D eigenvalue weighted by Crippen LogP contribution is -2.44. The van der Waals surface area contributed by atoms with Crippen LogP contribution in [-0.2, 0) is 14.3 Å². The summed E-state index contributed by atoms with van der Waals surface area (Å²) in [7, 11) is 0. The molecule has 1 saturated heterocycles. The molecule has 1 aliphatic heterocycles. The molecule has 2 saturated carbocycles. The van der Waals surface area contributed by atoms with E-state index in [0.717, 1.165) is 51.6 Å². The van der Waals surface area contributed by atoms with Gasteiger partial charge < -0.3 is 10.1 Å². The van der Waals surface area contributed by atoms with E-state index in [4.69, 9.17) is 4.74 Å². The van der Waals surface area contributed by atoms with Crippen LogP contribution in [0.3, 0.4) is 0 Å². The summed E-state index contributed by atoms with van der Waals surface area (Å²) in [4.78, 5) is 24.2. The third-order valence-corrected chi connectivity index (χ3v) is 4.95. The van der Waals surface area contributed by atoms with E-state index in [1.165, 1.54) is 0 Å². The molecule has 3 aliphatic rings. The van der Waals surface area contributed by atoms with Gasteiger partial charge in [0.1, 0.15) is 5.78 Å². The van der Waals surface area contributed by atoms with Gasteiger partial charge in [0, 0.05) is 30.9 Å². The number of hydrogen-bond acceptors (Lipinski definition) is 3. The van der Waals surface area contributed by atoms with E-state index >= 15 is 0 Å². The number of carbonyl (C=O) groups excluding carboxylic acids is 2. The Bertz CT molecular complexity index is 346. The summed E-state index contributed by atoms with van der Waals surface area (Å²) in [6.07, 6.45) is 7.03. The van der Waals surface area contributed by atoms with Crippen molar-refractivity contribution in [1.82, 2.24) is 5.32 Å². The molecule has 1 amide bonds. The molecule has 2 aliphatic carbocycles. The highest BCUT2D eigenvalue weighted by atomic mass is 16.5. The normalized spacial score (nSPS) is 38.2. The van der Waals surface area contributed by atoms with Crippen LogP contribution >= 0.6 is 0 Å². The Balaban J connectivity index is 1.51. The highest BCUT2D eigenvalue weighted by Gasteiger charge is 2.41. The predicted octanol–water partition coefficient (Wildman–Crippen LogP) is 1.68. The minimum Gasteiger partial charge on any atom is -0.376 e. The summed E-state index contributed by atoms with van der Waals surface area (Å²) < 4.78 is 5.51. The average Bonchev–Trinajstić information content (AvgIpc) is 2.88. The highest BCUT2D eigenvalue weighted by molar-refractivity contribution is 5.88. The molecule has 4 heteroatoms. The standard InChI is InChI=1S/C15H23NO3/c17-14-10-3-1-4-11(14)8-12(7-10)15(18)16-9-13-5-2-6-19-13/h10-13H,1-9H2,(H,16,18)/t10-,11+,12?,13-/m0/s1. The number of nitrogens with one attached hydrogen (secondary N) is 1. The number of hydrogen-bond donors (Lipinski definition) is 1. The lowest BCUT2D eigenvalue weighted by molar-refractivity contribution is -0.137. The van der Waals surface area contributed by atoms with Crippen molar-refractivity contribution in [3.8, 4) is 0 Å². The Hall–Kier alpha value is -0.900. The molecule has 4 atom stereocenters. The molecule has 0 aromatic rings. The summed E-state index contributed by atoms with van der Waals surface area (Å²) in [5, 5.41) is 3.02. The molecule has 1 heterocycles. The molecule has 4 nitrogen and oxygen atoms in total. The van der Waals surface area contributed by atoms with Crippen LogP contribution in [-0.4, -0.2) is 30.9 Å². The molecule has 106 valence electrons. The Morgan fingerprint density at radius 1 is 1.16 bits per heavy atom. The molecule has 19 heavy (non-hydrogen) atoms. The SMILES string of the molecule is O=C(NC[C@@H]1CCCO1)C1C[C@H]2CCC[C@@H](C1)C2=O. The molecule has 0 aromatic heterocycles. The third kappa shape index (κ3) is 2.83. The second-order valence-electron chi connectivity index (χ2n) is 6.28. The van der Waals surface area contributed by atoms with E-state index in [1.807, 2.05) is 0 Å². The Kier molecular flexibility index (Phi) is 3.87. The summed E-state index contributed by atoms with van der Waals surface area (Å²) in [6.45, 7) is 1.46. The topological polar surface area (TPSA) is 55.4 Å². The van der Waals surface area contributed by atoms with Gasteiger partial charge in [-0.2, -0.15) is 0 Å². The Labute approximate surface area is 114 Å². The van der Waals surface area contributed by atoms with E-state index in [-0.39, 0.29) is 29.8 Å². The fourth-order valence-corrected chi connectivity index (χ4v) is 3.86. The maximum atomic E-state index is 12.2.